The van der Waals surface area contributed by atoms with E-state index in [1.54, 1.807) is 0 Å². The Kier molecular flexibility index (Phi) is 26900. The molecule has 0 aliphatic carbocycles. The van der Waals surface area contributed by atoms with Gasteiger partial charge in [-0.2, -0.15) is 0 Å². The van der Waals surface area contributed by atoms with Crippen LogP contribution in [0.15, 0.2) is 0 Å². The fourth-order valence-corrected chi connectivity index (χ4v) is 0. The molecule has 0 heterocycles. The molecule has 0 aromatic rings. The summed E-state index contributed by atoms with van der Waals surface area (Å²) < 4.78 is 0. The number of hydrogen-bond donors (Lipinski definition) is 0. The Hall–Kier alpha value is 40.7. The third-order valence-electron chi connectivity index (χ3n) is 0. The van der Waals surface area contributed by atoms with E-state index in [2.05, 4.69) is 0 Å². The SMILES string of the molecule is [Cd+2].[Cd+2].[Cd+2].[Cd+2].[Cd+2].[Cd+2].[Cd+2].[Cd+2].[Cd+2].[Cd+2].[S-2].[S-2].[S-2].[S-2].[S-2].[S-2].[S-2].[S-2].[S-2].[S-2].[S-2].[S-2].[S-2].[S-2].[S-2].[S-2].[S-2].[S-2].[S-2].[S-2].[S-2].[S-2].[S-2].[S-2].[S-2].[S-2].[S-2].[S-2].[S-2].[S-2].[S-2].[S-2].[S-2].[S-2].[S-2].[S-2].[S-2].[S-2].[S-2].[S-2].[S-2].[S-2].[S-2].[S-2].[S-2].[S-2].[S-2].[S-2].[S-2].[S-2].[S-2].[S-2].[S-2].[S-2].[S-2].[S-2].[S-2].[S-2].[S-2].[S-2].[S-2].[S-2].[S-2].[S-2].[S-2].[S-2].[S-2].[S-2].[S-2].[S-2].[S-2].[S-2].[S-2].[S-2].[S-2].[S-2].[S-2].[S-2].[S-2].[S-2].[S-2].[S-2].[S-2].[S-2].[S-2].[S-2].[S-2].[S-2].[S-2].[S-2]. The summed E-state index contributed by atoms with van der Waals surface area (Å²) in [6.07, 6.45) is 0. The fourth-order valence-electron chi connectivity index (χ4n) is 0. The summed E-state index contributed by atoms with van der Waals surface area (Å²) in [5.74, 6) is 0. The summed E-state index contributed by atoms with van der Waals surface area (Å²) in [4.78, 5) is 0. The first-order chi connectivity index (χ1) is 0. The van der Waals surface area contributed by atoms with Crippen molar-refractivity contribution < 1.29 is 273 Å². The zero-order chi connectivity index (χ0) is 0. The van der Waals surface area contributed by atoms with Crippen molar-refractivity contribution in [2.24, 2.45) is 0 Å². The molecule has 0 radical (unpaired) electrons. The smallest absolute Gasteiger partial charge is 2.00 e. The van der Waals surface area contributed by atoms with Crippen LogP contribution in [0.3, 0.4) is 0 Å². The predicted molar refractivity (Wildman–Crippen MR) is 663 cm³/mol. The van der Waals surface area contributed by atoms with Crippen LogP contribution >= 0.6 is 0 Å². The van der Waals surface area contributed by atoms with Crippen molar-refractivity contribution in [3.8, 4) is 0 Å². The summed E-state index contributed by atoms with van der Waals surface area (Å²) in [6.45, 7) is 0. The molecule has 720 valence electrons. The van der Waals surface area contributed by atoms with Gasteiger partial charge in [0, 0.05) is 0 Å². The van der Waals surface area contributed by atoms with Crippen LogP contribution in [-0.2, 0) is 1490 Å². The fraction of sp³-hybridized carbons (Fsp3) is 0. The van der Waals surface area contributed by atoms with Crippen LogP contribution in [0.1, 0.15) is 0 Å². The second-order valence-electron chi connectivity index (χ2n) is 0. The van der Waals surface area contributed by atoms with E-state index < -0.39 is 0 Å². The van der Waals surface area contributed by atoms with Crippen molar-refractivity contribution in [2.45, 2.75) is 0 Å². The molecule has 0 saturated carbocycles. The van der Waals surface area contributed by atoms with E-state index in [0.717, 1.165) is 0 Å². The summed E-state index contributed by atoms with van der Waals surface area (Å²) >= 11 is 0. The van der Waals surface area contributed by atoms with Crippen molar-refractivity contribution in [3.63, 3.8) is 0 Å². The minimum atomic E-state index is 0. The molecule has 0 rings (SSSR count). The summed E-state index contributed by atoms with van der Waals surface area (Å²) in [6, 6.07) is 0. The molecule has 0 bridgehead atoms. The first kappa shape index (κ1) is 1660. The number of hydrogen-bond acceptors (Lipinski definition) is 0. The van der Waals surface area contributed by atoms with E-state index in [9.17, 15) is 0 Å². The molecule has 0 nitrogen and oxygen atoms in total. The Morgan fingerprint density at radius 2 is 0.0200 bits per heavy atom. The van der Waals surface area contributed by atoms with E-state index in [0.29, 0.717) is 0 Å². The Morgan fingerprint density at radius 3 is 0.0200 bits per heavy atom. The molecule has 0 unspecified atom stereocenters. The normalized spacial score (nSPS) is 0. The van der Waals surface area contributed by atoms with Crippen LogP contribution < -0.4 is 0 Å². The van der Waals surface area contributed by atoms with Crippen molar-refractivity contribution in [2.75, 3.05) is 0 Å². The van der Waals surface area contributed by atoms with Gasteiger partial charge in [-0.1, -0.05) is 0 Å². The van der Waals surface area contributed by atoms with Crippen LogP contribution in [0.2, 0.25) is 0 Å². The third-order valence-corrected chi connectivity index (χ3v) is 0. The van der Waals surface area contributed by atoms with E-state index in [1.165, 1.54) is 0 Å². The molecule has 0 fully saturated rings. The zero-order valence-electron chi connectivity index (χ0n) is 43.8. The third kappa shape index (κ3) is 1590. The quantitative estimate of drug-likeness (QED) is 0.295. The largest absolute Gasteiger partial charge is 2.00 e. The second kappa shape index (κ2) is 1620. The maximum atomic E-state index is 0. The summed E-state index contributed by atoms with van der Waals surface area (Å²) in [5.41, 5.74) is 0. The zero-order valence-corrected chi connectivity index (χ0v) is 158. The van der Waals surface area contributed by atoms with E-state index in [1.807, 2.05) is 0 Å². The molecule has 0 aromatic heterocycles. The standard InChI is InChI=1S/10Cd.90S/q10*+2;90*-2. The van der Waals surface area contributed by atoms with Gasteiger partial charge in [-0.05, 0) is 0 Å². The van der Waals surface area contributed by atoms with Gasteiger partial charge in [0.05, 0.1) is 0 Å². The van der Waals surface area contributed by atoms with Gasteiger partial charge >= 0.3 is 273 Å². The van der Waals surface area contributed by atoms with Crippen molar-refractivity contribution in [3.05, 3.63) is 0 Å². The minimum Gasteiger partial charge on any atom is -2.00 e. The maximum Gasteiger partial charge on any atom is 2.00 e. The van der Waals surface area contributed by atoms with Crippen molar-refractivity contribution in [1.29, 1.82) is 0 Å². The van der Waals surface area contributed by atoms with Crippen LogP contribution in [-0.4, -0.2) is 0 Å². The van der Waals surface area contributed by atoms with Gasteiger partial charge in [-0.3, -0.25) is 0 Å². The Balaban J connectivity index is 0. The molecule has 0 saturated heterocycles. The minimum absolute atomic E-state index is 0. The molecule has 0 amide bonds. The van der Waals surface area contributed by atoms with Crippen molar-refractivity contribution >= 4 is 1210 Å². The molecular weight excluding hydrogens is 4010 g/mol. The van der Waals surface area contributed by atoms with Crippen LogP contribution in [0.5, 0.6) is 0 Å². The molecule has 0 atom stereocenters. The van der Waals surface area contributed by atoms with Crippen molar-refractivity contribution in [1.82, 2.24) is 0 Å². The molecule has 0 N–H and O–H groups in total. The van der Waals surface area contributed by atoms with Gasteiger partial charge in [-0.15, -0.1) is 0 Å². The second-order valence-corrected chi connectivity index (χ2v) is 0. The summed E-state index contributed by atoms with van der Waals surface area (Å²) in [5, 5.41) is 0. The molecular formula is Cd10S90-160. The maximum absolute atomic E-state index is 0. The van der Waals surface area contributed by atoms with E-state index in [-0.39, 0.29) is 1490 Å². The van der Waals surface area contributed by atoms with Crippen LogP contribution in [0.4, 0.5) is 0 Å². The van der Waals surface area contributed by atoms with Gasteiger partial charge in [-0.25, -0.2) is 0 Å². The molecule has 0 aliphatic rings. The van der Waals surface area contributed by atoms with Gasteiger partial charge in [0.25, 0.3) is 0 Å². The summed E-state index contributed by atoms with van der Waals surface area (Å²) in [7, 11) is 0. The van der Waals surface area contributed by atoms with Gasteiger partial charge < -0.3 is 1210 Å². The molecule has 100 heteroatoms. The molecule has 0 aromatic carbocycles. The van der Waals surface area contributed by atoms with Crippen LogP contribution in [0.25, 0.3) is 0 Å². The van der Waals surface area contributed by atoms with Gasteiger partial charge in [0.1, 0.15) is 0 Å². The average molecular weight is 4010 g/mol. The van der Waals surface area contributed by atoms with E-state index in [4.69, 9.17) is 0 Å². The van der Waals surface area contributed by atoms with Gasteiger partial charge in [0.2, 0.25) is 0 Å². The Bertz CT molecular complexity index is 46.9. The average Bonchev–Trinajstić information content (AvgIpc) is 0. The Labute approximate surface area is 1450 Å². The molecule has 0 aliphatic heterocycles. The molecule has 100 heavy (non-hydrogen) atoms. The Morgan fingerprint density at radius 1 is 0.0200 bits per heavy atom. The molecule has 0 spiro atoms. The van der Waals surface area contributed by atoms with E-state index >= 15 is 0 Å². The number of rotatable bonds is 0. The topological polar surface area (TPSA) is 0 Å². The van der Waals surface area contributed by atoms with Gasteiger partial charge in [0.15, 0.2) is 0 Å². The first-order valence-corrected chi connectivity index (χ1v) is 0. The first-order valence-electron chi connectivity index (χ1n) is 0. The monoisotopic (exact) mass is 4020 g/mol. The van der Waals surface area contributed by atoms with Crippen LogP contribution in [0, 0.1) is 0 Å². The predicted octanol–water partition coefficient (Wildman–Crippen LogP) is -0.241.